The van der Waals surface area contributed by atoms with Gasteiger partial charge in [0.05, 0.1) is 5.69 Å². The Labute approximate surface area is 163 Å². The number of guanidine groups is 1. The van der Waals surface area contributed by atoms with E-state index < -0.39 is 0 Å². The van der Waals surface area contributed by atoms with Crippen LogP contribution in [0.4, 0.5) is 5.69 Å². The highest BCUT2D eigenvalue weighted by molar-refractivity contribution is 5.79. The summed E-state index contributed by atoms with van der Waals surface area (Å²) in [5, 5.41) is 11.2. The molecule has 0 amide bonds. The van der Waals surface area contributed by atoms with Crippen LogP contribution < -0.4 is 15.5 Å². The van der Waals surface area contributed by atoms with Gasteiger partial charge in [-0.25, -0.2) is 0 Å². The normalized spacial score (nSPS) is 11.5. The molecule has 2 rings (SSSR count). The minimum atomic E-state index is 0.809. The molecule has 6 nitrogen and oxygen atoms in total. The summed E-state index contributed by atoms with van der Waals surface area (Å²) >= 11 is 0. The van der Waals surface area contributed by atoms with Gasteiger partial charge in [-0.15, -0.1) is 0 Å². The molecule has 1 heterocycles. The van der Waals surface area contributed by atoms with Crippen LogP contribution in [0.3, 0.4) is 0 Å². The van der Waals surface area contributed by atoms with Gasteiger partial charge in [0.1, 0.15) is 0 Å². The number of nitrogens with one attached hydrogen (secondary N) is 2. The zero-order chi connectivity index (χ0) is 19.5. The van der Waals surface area contributed by atoms with Crippen LogP contribution in [0.2, 0.25) is 0 Å². The van der Waals surface area contributed by atoms with E-state index in [1.807, 2.05) is 13.0 Å². The van der Waals surface area contributed by atoms with Gasteiger partial charge in [0.25, 0.3) is 0 Å². The number of hydrogen-bond donors (Lipinski definition) is 2. The Hall–Kier alpha value is -2.50. The molecule has 0 radical (unpaired) electrons. The number of anilines is 1. The largest absolute Gasteiger partial charge is 0.375 e. The maximum Gasteiger partial charge on any atom is 0.191 e. The van der Waals surface area contributed by atoms with E-state index in [0.717, 1.165) is 57.2 Å². The van der Waals surface area contributed by atoms with E-state index in [9.17, 15) is 0 Å². The molecule has 0 fully saturated rings. The van der Waals surface area contributed by atoms with Gasteiger partial charge in [-0.3, -0.25) is 9.67 Å². The summed E-state index contributed by atoms with van der Waals surface area (Å²) in [5.74, 6) is 0.897. The summed E-state index contributed by atoms with van der Waals surface area (Å²) in [7, 11) is 2.13. The van der Waals surface area contributed by atoms with Crippen LogP contribution in [0, 0.1) is 13.8 Å². The Morgan fingerprint density at radius 3 is 2.59 bits per heavy atom. The van der Waals surface area contributed by atoms with Gasteiger partial charge in [-0.2, -0.15) is 5.10 Å². The van der Waals surface area contributed by atoms with Crippen LogP contribution in [-0.2, 0) is 6.54 Å². The van der Waals surface area contributed by atoms with Crippen molar-refractivity contribution in [1.82, 2.24) is 20.4 Å². The summed E-state index contributed by atoms with van der Waals surface area (Å²) in [6.45, 7) is 10.7. The van der Waals surface area contributed by atoms with E-state index in [4.69, 9.17) is 4.99 Å². The summed E-state index contributed by atoms with van der Waals surface area (Å²) in [5.41, 5.74) is 3.54. The number of nitrogens with zero attached hydrogens (tertiary/aromatic N) is 4. The van der Waals surface area contributed by atoms with Crippen LogP contribution in [0.5, 0.6) is 0 Å². The van der Waals surface area contributed by atoms with Gasteiger partial charge in [-0.05, 0) is 51.8 Å². The molecule has 0 spiro atoms. The lowest BCUT2D eigenvalue weighted by molar-refractivity contribution is 0.555. The number of aryl methyl sites for hydroxylation is 3. The standard InChI is InChI=1S/C21H34N6/c1-5-22-21(24-14-10-16-27-19(3)17-18(2)25-27)23-13-9-15-26(4)20-11-7-6-8-12-20/h6-8,11-12,17H,5,9-10,13-16H2,1-4H3,(H2,22,23,24). The van der Waals surface area contributed by atoms with Crippen LogP contribution in [0.25, 0.3) is 0 Å². The molecule has 0 bridgehead atoms. The first-order chi connectivity index (χ1) is 13.1. The van der Waals surface area contributed by atoms with E-state index in [-0.39, 0.29) is 0 Å². The molecule has 27 heavy (non-hydrogen) atoms. The van der Waals surface area contributed by atoms with Crippen molar-refractivity contribution >= 4 is 11.6 Å². The average Bonchev–Trinajstić information content (AvgIpc) is 2.99. The smallest absolute Gasteiger partial charge is 0.191 e. The van der Waals surface area contributed by atoms with Gasteiger partial charge in [-0.1, -0.05) is 18.2 Å². The van der Waals surface area contributed by atoms with Crippen LogP contribution in [-0.4, -0.2) is 49.0 Å². The van der Waals surface area contributed by atoms with Gasteiger partial charge < -0.3 is 15.5 Å². The third-order valence-corrected chi connectivity index (χ3v) is 4.41. The van der Waals surface area contributed by atoms with Gasteiger partial charge in [0.15, 0.2) is 5.96 Å². The zero-order valence-electron chi connectivity index (χ0n) is 17.2. The SMILES string of the molecule is CCNC(=NCCCN(C)c1ccccc1)NCCCn1nc(C)cc1C. The van der Waals surface area contributed by atoms with Gasteiger partial charge >= 0.3 is 0 Å². The van der Waals surface area contributed by atoms with Gasteiger partial charge in [0.2, 0.25) is 0 Å². The van der Waals surface area contributed by atoms with Gasteiger partial charge in [0, 0.05) is 51.2 Å². The summed E-state index contributed by atoms with van der Waals surface area (Å²) in [6.07, 6.45) is 2.04. The third-order valence-electron chi connectivity index (χ3n) is 4.41. The van der Waals surface area contributed by atoms with E-state index in [2.05, 4.69) is 76.5 Å². The quantitative estimate of drug-likeness (QED) is 0.383. The Morgan fingerprint density at radius 2 is 1.93 bits per heavy atom. The van der Waals surface area contributed by atoms with Crippen molar-refractivity contribution in [1.29, 1.82) is 0 Å². The van der Waals surface area contributed by atoms with Crippen LogP contribution in [0.15, 0.2) is 41.4 Å². The Kier molecular flexibility index (Phi) is 8.68. The van der Waals surface area contributed by atoms with Crippen molar-refractivity contribution in [2.24, 2.45) is 4.99 Å². The second kappa shape index (κ2) is 11.3. The summed E-state index contributed by atoms with van der Waals surface area (Å²) < 4.78 is 2.07. The highest BCUT2D eigenvalue weighted by Crippen LogP contribution is 2.10. The molecule has 0 aliphatic rings. The molecule has 6 heteroatoms. The third kappa shape index (κ3) is 7.33. The second-order valence-electron chi connectivity index (χ2n) is 6.80. The molecular formula is C21H34N6. The summed E-state index contributed by atoms with van der Waals surface area (Å²) in [6, 6.07) is 12.6. The van der Waals surface area contributed by atoms with E-state index in [0.29, 0.717) is 0 Å². The molecule has 0 aliphatic heterocycles. The molecule has 2 aromatic rings. The number of para-hydroxylation sites is 1. The fourth-order valence-corrected chi connectivity index (χ4v) is 2.99. The minimum absolute atomic E-state index is 0.809. The molecule has 148 valence electrons. The monoisotopic (exact) mass is 370 g/mol. The molecule has 0 saturated carbocycles. The minimum Gasteiger partial charge on any atom is -0.375 e. The molecule has 2 N–H and O–H groups in total. The molecule has 0 aliphatic carbocycles. The first-order valence-corrected chi connectivity index (χ1v) is 9.89. The lowest BCUT2D eigenvalue weighted by Crippen LogP contribution is -2.38. The van der Waals surface area contributed by atoms with Crippen LogP contribution >= 0.6 is 0 Å². The molecule has 0 unspecified atom stereocenters. The average molecular weight is 371 g/mol. The Bertz CT molecular complexity index is 692. The van der Waals surface area contributed by atoms with Crippen molar-refractivity contribution in [3.8, 4) is 0 Å². The molecule has 1 aromatic carbocycles. The van der Waals surface area contributed by atoms with Crippen LogP contribution in [0.1, 0.15) is 31.2 Å². The molecule has 0 atom stereocenters. The number of hydrogen-bond acceptors (Lipinski definition) is 3. The summed E-state index contributed by atoms with van der Waals surface area (Å²) in [4.78, 5) is 6.96. The zero-order valence-corrected chi connectivity index (χ0v) is 17.2. The van der Waals surface area contributed by atoms with Crippen molar-refractivity contribution in [2.75, 3.05) is 38.1 Å². The lowest BCUT2D eigenvalue weighted by Gasteiger charge is -2.18. The highest BCUT2D eigenvalue weighted by Gasteiger charge is 2.02. The number of rotatable bonds is 10. The Balaban J connectivity index is 1.69. The van der Waals surface area contributed by atoms with E-state index in [1.165, 1.54) is 11.4 Å². The highest BCUT2D eigenvalue weighted by atomic mass is 15.3. The van der Waals surface area contributed by atoms with Crippen molar-refractivity contribution in [3.63, 3.8) is 0 Å². The maximum absolute atomic E-state index is 4.69. The fourth-order valence-electron chi connectivity index (χ4n) is 2.99. The van der Waals surface area contributed by atoms with E-state index in [1.54, 1.807) is 0 Å². The Morgan fingerprint density at radius 1 is 1.15 bits per heavy atom. The molecular weight excluding hydrogens is 336 g/mol. The number of aromatic nitrogens is 2. The predicted octanol–water partition coefficient (Wildman–Crippen LogP) is 2.97. The van der Waals surface area contributed by atoms with Crippen molar-refractivity contribution < 1.29 is 0 Å². The predicted molar refractivity (Wildman–Crippen MR) is 115 cm³/mol. The lowest BCUT2D eigenvalue weighted by atomic mass is 10.3. The van der Waals surface area contributed by atoms with Crippen molar-refractivity contribution in [3.05, 3.63) is 47.8 Å². The fraction of sp³-hybridized carbons (Fsp3) is 0.524. The topological polar surface area (TPSA) is 57.5 Å². The first-order valence-electron chi connectivity index (χ1n) is 9.89. The molecule has 1 aromatic heterocycles. The van der Waals surface area contributed by atoms with E-state index >= 15 is 0 Å². The maximum atomic E-state index is 4.69. The second-order valence-corrected chi connectivity index (χ2v) is 6.80. The first kappa shape index (κ1) is 20.8. The van der Waals surface area contributed by atoms with Crippen molar-refractivity contribution in [2.45, 2.75) is 40.2 Å². The number of benzene rings is 1. The number of aliphatic imine (C=N–C) groups is 1. The molecule has 0 saturated heterocycles.